The molecular formula is C25H24FN7O3. The van der Waals surface area contributed by atoms with Gasteiger partial charge in [0.2, 0.25) is 0 Å². The van der Waals surface area contributed by atoms with Crippen molar-refractivity contribution in [3.8, 4) is 22.8 Å². The van der Waals surface area contributed by atoms with Gasteiger partial charge in [0.05, 0.1) is 48.2 Å². The first-order valence-corrected chi connectivity index (χ1v) is 11.7. The average Bonchev–Trinajstić information content (AvgIpc) is 3.49. The van der Waals surface area contributed by atoms with Gasteiger partial charge in [0.25, 0.3) is 5.91 Å². The Morgan fingerprint density at radius 1 is 1.31 bits per heavy atom. The van der Waals surface area contributed by atoms with Crippen LogP contribution in [0.25, 0.3) is 11.3 Å². The second-order valence-corrected chi connectivity index (χ2v) is 8.77. The second-order valence-electron chi connectivity index (χ2n) is 8.77. The molecule has 0 aliphatic carbocycles. The van der Waals surface area contributed by atoms with Crippen LogP contribution in [0.5, 0.6) is 11.5 Å². The number of nitrogens with zero attached hydrogens (tertiary/aromatic N) is 4. The van der Waals surface area contributed by atoms with E-state index >= 15 is 0 Å². The number of carbonyl (C=O) groups excluding carboxylic acids is 1. The standard InChI is InChI=1S/C25H24FN7O3/c1-35-24-17(26)4-2-5-18(24)29-23-20-21-14(11-28-25(20)34)10-15-13-33(32-31-15)8-3-9-36-19-12-27-7-6-16(19)22(23)30-21/h2,4-7,12-14,29-30H,3,8-11H2,1H3,(H,28,34). The monoisotopic (exact) mass is 489 g/mol. The van der Waals surface area contributed by atoms with Crippen molar-refractivity contribution in [3.05, 3.63) is 65.6 Å². The van der Waals surface area contributed by atoms with Gasteiger partial charge in [-0.2, -0.15) is 0 Å². The Balaban J connectivity index is 1.56. The number of aromatic amines is 1. The van der Waals surface area contributed by atoms with Crippen LogP contribution in [-0.2, 0) is 13.0 Å². The van der Waals surface area contributed by atoms with Gasteiger partial charge in [-0.25, -0.2) is 4.39 Å². The zero-order chi connectivity index (χ0) is 24.6. The number of aryl methyl sites for hydroxylation is 1. The van der Waals surface area contributed by atoms with Gasteiger partial charge in [0, 0.05) is 55.5 Å². The number of anilines is 2. The SMILES string of the molecule is COc1c(F)cccc1Nc1c2[nH]c3c1C(=O)NCC3Cc1cn(nn1)CCCOc1cnccc1-2. The minimum Gasteiger partial charge on any atom is -0.492 e. The third-order valence-electron chi connectivity index (χ3n) is 6.49. The molecule has 0 fully saturated rings. The van der Waals surface area contributed by atoms with Crippen LogP contribution in [0.3, 0.4) is 0 Å². The lowest BCUT2D eigenvalue weighted by atomic mass is 9.92. The van der Waals surface area contributed by atoms with E-state index in [1.54, 1.807) is 29.2 Å². The van der Waals surface area contributed by atoms with E-state index in [4.69, 9.17) is 9.47 Å². The molecule has 4 bridgehead atoms. The van der Waals surface area contributed by atoms with Crippen molar-refractivity contribution >= 4 is 17.3 Å². The van der Waals surface area contributed by atoms with E-state index in [2.05, 4.69) is 30.9 Å². The molecule has 3 N–H and O–H groups in total. The molecule has 6 rings (SSSR count). The molecule has 0 saturated heterocycles. The van der Waals surface area contributed by atoms with Gasteiger partial charge in [0.15, 0.2) is 11.6 Å². The van der Waals surface area contributed by atoms with Crippen molar-refractivity contribution in [2.75, 3.05) is 25.6 Å². The van der Waals surface area contributed by atoms with E-state index < -0.39 is 5.82 Å². The first kappa shape index (κ1) is 22.1. The van der Waals surface area contributed by atoms with Crippen LogP contribution in [0.2, 0.25) is 0 Å². The number of rotatable bonds is 3. The molecule has 4 aromatic rings. The molecular weight excluding hydrogens is 465 g/mol. The zero-order valence-electron chi connectivity index (χ0n) is 19.5. The summed E-state index contributed by atoms with van der Waals surface area (Å²) in [7, 11) is 1.41. The number of halogens is 1. The Bertz CT molecular complexity index is 1450. The van der Waals surface area contributed by atoms with Crippen LogP contribution in [0.4, 0.5) is 15.8 Å². The number of carbonyl (C=O) groups is 1. The molecule has 2 aliphatic heterocycles. The van der Waals surface area contributed by atoms with Gasteiger partial charge in [-0.1, -0.05) is 11.3 Å². The molecule has 1 unspecified atom stereocenters. The highest BCUT2D eigenvalue weighted by molar-refractivity contribution is 6.07. The zero-order valence-corrected chi connectivity index (χ0v) is 19.5. The van der Waals surface area contributed by atoms with Gasteiger partial charge < -0.3 is 25.1 Å². The number of H-pyrrole nitrogens is 1. The fourth-order valence-electron chi connectivity index (χ4n) is 4.82. The van der Waals surface area contributed by atoms with Crippen LogP contribution in [0.1, 0.15) is 34.1 Å². The summed E-state index contributed by atoms with van der Waals surface area (Å²) in [5.41, 5.74) is 4.34. The van der Waals surface area contributed by atoms with Gasteiger partial charge in [-0.3, -0.25) is 14.5 Å². The number of ether oxygens (including phenoxy) is 2. The largest absolute Gasteiger partial charge is 0.492 e. The molecule has 0 saturated carbocycles. The number of hydrogen-bond donors (Lipinski definition) is 3. The highest BCUT2D eigenvalue weighted by Crippen LogP contribution is 2.44. The number of amides is 1. The summed E-state index contributed by atoms with van der Waals surface area (Å²) in [5, 5.41) is 14.8. The molecule has 3 aromatic heterocycles. The number of hydrogen-bond acceptors (Lipinski definition) is 7. The van der Waals surface area contributed by atoms with Crippen LogP contribution in [0, 0.1) is 5.82 Å². The minimum absolute atomic E-state index is 0.0554. The molecule has 1 atom stereocenters. The molecule has 2 aliphatic rings. The molecule has 1 aromatic carbocycles. The molecule has 11 heteroatoms. The Hall–Kier alpha value is -4.41. The van der Waals surface area contributed by atoms with E-state index in [9.17, 15) is 9.18 Å². The Kier molecular flexibility index (Phi) is 5.51. The average molecular weight is 490 g/mol. The van der Waals surface area contributed by atoms with Crippen LogP contribution in [-0.4, -0.2) is 51.1 Å². The van der Waals surface area contributed by atoms with Crippen molar-refractivity contribution in [2.45, 2.75) is 25.3 Å². The predicted octanol–water partition coefficient (Wildman–Crippen LogP) is 3.41. The fraction of sp³-hybridized carbons (Fsp3) is 0.280. The Morgan fingerprint density at radius 3 is 3.11 bits per heavy atom. The molecule has 36 heavy (non-hydrogen) atoms. The summed E-state index contributed by atoms with van der Waals surface area (Å²) in [6.45, 7) is 1.56. The van der Waals surface area contributed by atoms with Crippen LogP contribution < -0.4 is 20.1 Å². The quantitative estimate of drug-likeness (QED) is 0.404. The lowest BCUT2D eigenvalue weighted by Gasteiger charge is -2.23. The fourth-order valence-corrected chi connectivity index (χ4v) is 4.82. The third-order valence-corrected chi connectivity index (χ3v) is 6.49. The van der Waals surface area contributed by atoms with Gasteiger partial charge >= 0.3 is 0 Å². The maximum absolute atomic E-state index is 14.5. The van der Waals surface area contributed by atoms with E-state index in [0.717, 1.165) is 23.4 Å². The van der Waals surface area contributed by atoms with E-state index in [1.165, 1.54) is 13.2 Å². The number of benzene rings is 1. The third kappa shape index (κ3) is 3.82. The lowest BCUT2D eigenvalue weighted by molar-refractivity contribution is 0.0940. The van der Waals surface area contributed by atoms with Crippen molar-refractivity contribution in [1.82, 2.24) is 30.3 Å². The summed E-state index contributed by atoms with van der Waals surface area (Å²) in [6, 6.07) is 6.44. The Morgan fingerprint density at radius 2 is 2.22 bits per heavy atom. The normalized spacial score (nSPS) is 16.8. The highest BCUT2D eigenvalue weighted by Gasteiger charge is 2.34. The molecule has 5 heterocycles. The molecule has 0 radical (unpaired) electrons. The van der Waals surface area contributed by atoms with Gasteiger partial charge in [-0.15, -0.1) is 5.10 Å². The van der Waals surface area contributed by atoms with Gasteiger partial charge in [-0.05, 0) is 18.2 Å². The van der Waals surface area contributed by atoms with Crippen molar-refractivity contribution in [1.29, 1.82) is 0 Å². The maximum atomic E-state index is 14.5. The van der Waals surface area contributed by atoms with Crippen LogP contribution in [0.15, 0.2) is 42.9 Å². The molecule has 1 amide bonds. The Labute approximate surface area is 205 Å². The van der Waals surface area contributed by atoms with Crippen molar-refractivity contribution in [2.24, 2.45) is 0 Å². The summed E-state index contributed by atoms with van der Waals surface area (Å²) in [5.74, 6) is -0.185. The molecule has 184 valence electrons. The van der Waals surface area contributed by atoms with Crippen molar-refractivity contribution in [3.63, 3.8) is 0 Å². The number of aromatic nitrogens is 5. The summed E-state index contributed by atoms with van der Waals surface area (Å²) in [4.78, 5) is 21.0. The number of methoxy groups -OCH3 is 1. The lowest BCUT2D eigenvalue weighted by Crippen LogP contribution is -2.35. The topological polar surface area (TPSA) is 119 Å². The summed E-state index contributed by atoms with van der Waals surface area (Å²) in [6.07, 6.45) is 6.57. The van der Waals surface area contributed by atoms with E-state index in [-0.39, 0.29) is 17.6 Å². The smallest absolute Gasteiger partial charge is 0.255 e. The van der Waals surface area contributed by atoms with E-state index in [0.29, 0.717) is 54.5 Å². The number of nitrogens with one attached hydrogen (secondary N) is 3. The second kappa shape index (κ2) is 8.99. The van der Waals surface area contributed by atoms with Crippen LogP contribution >= 0.6 is 0 Å². The van der Waals surface area contributed by atoms with Crippen molar-refractivity contribution < 1.29 is 18.7 Å². The predicted molar refractivity (Wildman–Crippen MR) is 129 cm³/mol. The maximum Gasteiger partial charge on any atom is 0.255 e. The molecule has 10 nitrogen and oxygen atoms in total. The minimum atomic E-state index is -0.509. The van der Waals surface area contributed by atoms with Gasteiger partial charge in [0.1, 0.15) is 5.75 Å². The highest BCUT2D eigenvalue weighted by atomic mass is 19.1. The number of fused-ring (bicyclic) bond motifs is 5. The number of pyridine rings is 1. The van der Waals surface area contributed by atoms with E-state index in [1.807, 2.05) is 12.3 Å². The first-order valence-electron chi connectivity index (χ1n) is 11.7. The summed E-state index contributed by atoms with van der Waals surface area (Å²) < 4.78 is 27.7. The molecule has 0 spiro atoms. The first-order chi connectivity index (χ1) is 17.6. The summed E-state index contributed by atoms with van der Waals surface area (Å²) >= 11 is 0. The number of para-hydroxylation sites is 1.